The van der Waals surface area contributed by atoms with Gasteiger partial charge in [-0.05, 0) is 49.5 Å². The number of carbonyl (C=O) groups excluding carboxylic acids is 1. The number of nitrogens with zero attached hydrogens (tertiary/aromatic N) is 2. The Morgan fingerprint density at radius 1 is 1.23 bits per heavy atom. The summed E-state index contributed by atoms with van der Waals surface area (Å²) in [6.45, 7) is 2.29. The molecule has 2 aliphatic heterocycles. The van der Waals surface area contributed by atoms with Gasteiger partial charge >= 0.3 is 0 Å². The number of amides is 1. The zero-order valence-electron chi connectivity index (χ0n) is 16.7. The van der Waals surface area contributed by atoms with E-state index >= 15 is 0 Å². The molecule has 0 spiro atoms. The quantitative estimate of drug-likeness (QED) is 0.574. The molecule has 9 heteroatoms. The molecule has 1 N–H and O–H groups in total. The van der Waals surface area contributed by atoms with Crippen molar-refractivity contribution in [1.29, 1.82) is 0 Å². The van der Waals surface area contributed by atoms with Gasteiger partial charge < -0.3 is 19.2 Å². The molecule has 4 rings (SSSR count). The highest BCUT2D eigenvalue weighted by Crippen LogP contribution is 2.36. The zero-order valence-corrected chi connectivity index (χ0v) is 17.5. The summed E-state index contributed by atoms with van der Waals surface area (Å²) in [5.74, 6) is -3.27. The predicted molar refractivity (Wildman–Crippen MR) is 107 cm³/mol. The van der Waals surface area contributed by atoms with Crippen LogP contribution in [-0.2, 0) is 36.0 Å². The lowest BCUT2D eigenvalue weighted by molar-refractivity contribution is -0.120. The fraction of sp³-hybridized carbons (Fsp3) is 0.524. The minimum absolute atomic E-state index is 0.118. The second-order valence-electron chi connectivity index (χ2n) is 8.04. The van der Waals surface area contributed by atoms with Gasteiger partial charge in [0, 0.05) is 56.2 Å². The van der Waals surface area contributed by atoms with E-state index in [-0.39, 0.29) is 24.4 Å². The van der Waals surface area contributed by atoms with Gasteiger partial charge in [0.15, 0.2) is 16.4 Å². The van der Waals surface area contributed by atoms with E-state index in [0.717, 1.165) is 49.6 Å². The van der Waals surface area contributed by atoms with Crippen LogP contribution < -0.4 is 5.32 Å². The first-order valence-corrected chi connectivity index (χ1v) is 10.5. The van der Waals surface area contributed by atoms with Gasteiger partial charge in [0.1, 0.15) is 5.82 Å². The van der Waals surface area contributed by atoms with E-state index < -0.39 is 23.4 Å². The molecular weight excluding hydrogens is 415 g/mol. The molecule has 0 saturated carbocycles. The lowest BCUT2D eigenvalue weighted by atomic mass is 9.95. The number of ether oxygens (including phenoxy) is 1. The molecule has 0 bridgehead atoms. The molecule has 2 aliphatic rings. The van der Waals surface area contributed by atoms with Crippen molar-refractivity contribution >= 4 is 18.1 Å². The number of nitrogens with one attached hydrogen (secondary N) is 1. The molecule has 1 saturated heterocycles. The molecule has 1 amide bonds. The van der Waals surface area contributed by atoms with Crippen LogP contribution >= 0.6 is 12.2 Å². The molecule has 3 heterocycles. The number of benzene rings is 1. The molecule has 1 fully saturated rings. The van der Waals surface area contributed by atoms with E-state index in [4.69, 9.17) is 17.0 Å². The maximum atomic E-state index is 14.3. The molecule has 1 aromatic carbocycles. The van der Waals surface area contributed by atoms with Crippen molar-refractivity contribution in [2.75, 3.05) is 19.8 Å². The van der Waals surface area contributed by atoms with Gasteiger partial charge in [0.05, 0.1) is 6.42 Å². The Bertz CT molecular complexity index is 1030. The Labute approximate surface area is 177 Å². The highest BCUT2D eigenvalue weighted by Gasteiger charge is 2.33. The van der Waals surface area contributed by atoms with E-state index in [1.165, 1.54) is 0 Å². The second kappa shape index (κ2) is 8.55. The Kier molecular flexibility index (Phi) is 6.02. The average Bonchev–Trinajstić information content (AvgIpc) is 3.25. The summed E-state index contributed by atoms with van der Waals surface area (Å²) in [4.78, 5) is 12.6. The fourth-order valence-corrected chi connectivity index (χ4v) is 4.75. The van der Waals surface area contributed by atoms with Gasteiger partial charge in [0.2, 0.25) is 5.91 Å². The Hall–Kier alpha value is -2.13. The smallest absolute Gasteiger partial charge is 0.226 e. The molecular formula is C21H24F3N3O2S. The van der Waals surface area contributed by atoms with Crippen molar-refractivity contribution in [2.24, 2.45) is 13.0 Å². The molecule has 2 aromatic rings. The van der Waals surface area contributed by atoms with Gasteiger partial charge in [-0.15, -0.1) is 0 Å². The summed E-state index contributed by atoms with van der Waals surface area (Å²) in [6.07, 6.45) is 2.29. The van der Waals surface area contributed by atoms with Crippen molar-refractivity contribution in [1.82, 2.24) is 14.5 Å². The summed E-state index contributed by atoms with van der Waals surface area (Å²) in [5, 5.41) is 2.98. The van der Waals surface area contributed by atoms with Crippen LogP contribution in [0.1, 0.15) is 35.7 Å². The largest absolute Gasteiger partial charge is 0.381 e. The summed E-state index contributed by atoms with van der Waals surface area (Å²) in [6, 6.07) is 1.73. The van der Waals surface area contributed by atoms with E-state index in [1.807, 2.05) is 0 Å². The normalized spacial score (nSPS) is 19.1. The highest BCUT2D eigenvalue weighted by atomic mass is 32.1. The molecule has 5 nitrogen and oxygen atoms in total. The average molecular weight is 440 g/mol. The van der Waals surface area contributed by atoms with E-state index in [1.54, 1.807) is 16.2 Å². The SMILES string of the molecule is Cn1c(CC(=O)NCC2CCOCC2)c2n(c1=S)C[C@@H](c1c(F)ccc(F)c1F)C2. The van der Waals surface area contributed by atoms with Gasteiger partial charge in [-0.3, -0.25) is 4.79 Å². The van der Waals surface area contributed by atoms with Crippen LogP contribution in [0.15, 0.2) is 12.1 Å². The van der Waals surface area contributed by atoms with E-state index in [9.17, 15) is 18.0 Å². The standard InChI is InChI=1S/C21H24F3N3O2S/c1-26-16(9-18(28)25-10-12-4-6-29-7-5-12)17-8-13(11-27(17)21(26)30)19-14(22)2-3-15(23)20(19)24/h2-3,12-13H,4-11H2,1H3,(H,25,28)/t13-/m0/s1. The van der Waals surface area contributed by atoms with Crippen molar-refractivity contribution < 1.29 is 22.7 Å². The van der Waals surface area contributed by atoms with Gasteiger partial charge in [0.25, 0.3) is 0 Å². The maximum absolute atomic E-state index is 14.3. The maximum Gasteiger partial charge on any atom is 0.226 e. The van der Waals surface area contributed by atoms with Crippen molar-refractivity contribution in [3.8, 4) is 0 Å². The van der Waals surface area contributed by atoms with E-state index in [0.29, 0.717) is 23.7 Å². The monoisotopic (exact) mass is 439 g/mol. The third kappa shape index (κ3) is 3.92. The minimum Gasteiger partial charge on any atom is -0.381 e. The summed E-state index contributed by atoms with van der Waals surface area (Å²) >= 11 is 5.47. The van der Waals surface area contributed by atoms with Crippen LogP contribution in [-0.4, -0.2) is 34.8 Å². The number of hydrogen-bond donors (Lipinski definition) is 1. The summed E-state index contributed by atoms with van der Waals surface area (Å²) in [5.41, 5.74) is 1.24. The predicted octanol–water partition coefficient (Wildman–Crippen LogP) is 3.40. The number of carbonyl (C=O) groups is 1. The lowest BCUT2D eigenvalue weighted by Gasteiger charge is -2.22. The van der Waals surface area contributed by atoms with E-state index in [2.05, 4.69) is 5.32 Å². The number of aromatic nitrogens is 2. The third-order valence-electron chi connectivity index (χ3n) is 6.17. The molecule has 0 unspecified atom stereocenters. The molecule has 0 radical (unpaired) electrons. The Morgan fingerprint density at radius 3 is 2.67 bits per heavy atom. The highest BCUT2D eigenvalue weighted by molar-refractivity contribution is 7.71. The van der Waals surface area contributed by atoms with Crippen LogP contribution in [0.5, 0.6) is 0 Å². The topological polar surface area (TPSA) is 48.2 Å². The molecule has 0 aliphatic carbocycles. The van der Waals surface area contributed by atoms with Crippen molar-refractivity contribution in [3.63, 3.8) is 0 Å². The van der Waals surface area contributed by atoms with Crippen LogP contribution in [0.2, 0.25) is 0 Å². The molecule has 162 valence electrons. The number of imidazole rings is 1. The van der Waals surface area contributed by atoms with Gasteiger partial charge in [-0.2, -0.15) is 0 Å². The summed E-state index contributed by atoms with van der Waals surface area (Å²) < 4.78 is 51.6. The fourth-order valence-electron chi connectivity index (χ4n) is 4.45. The summed E-state index contributed by atoms with van der Waals surface area (Å²) in [7, 11) is 1.78. The van der Waals surface area contributed by atoms with Crippen LogP contribution in [0.4, 0.5) is 13.2 Å². The number of rotatable bonds is 5. The third-order valence-corrected chi connectivity index (χ3v) is 6.66. The van der Waals surface area contributed by atoms with Crippen LogP contribution in [0.25, 0.3) is 0 Å². The number of hydrogen-bond acceptors (Lipinski definition) is 3. The number of halogens is 3. The van der Waals surface area contributed by atoms with Gasteiger partial charge in [-0.1, -0.05) is 0 Å². The van der Waals surface area contributed by atoms with Crippen molar-refractivity contribution in [2.45, 2.75) is 38.1 Å². The lowest BCUT2D eigenvalue weighted by Crippen LogP contribution is -2.33. The van der Waals surface area contributed by atoms with Crippen molar-refractivity contribution in [3.05, 3.63) is 51.3 Å². The Morgan fingerprint density at radius 2 is 1.93 bits per heavy atom. The van der Waals surface area contributed by atoms with Crippen LogP contribution in [0, 0.1) is 28.1 Å². The first-order valence-electron chi connectivity index (χ1n) is 10.1. The van der Waals surface area contributed by atoms with Crippen LogP contribution in [0.3, 0.4) is 0 Å². The minimum atomic E-state index is -1.16. The molecule has 30 heavy (non-hydrogen) atoms. The van der Waals surface area contributed by atoms with Gasteiger partial charge in [-0.25, -0.2) is 13.2 Å². The number of fused-ring (bicyclic) bond motifs is 1. The first kappa shape index (κ1) is 21.1. The molecule has 1 aromatic heterocycles. The first-order chi connectivity index (χ1) is 14.4. The second-order valence-corrected chi connectivity index (χ2v) is 8.41. The Balaban J connectivity index is 1.51. The zero-order chi connectivity index (χ0) is 21.4. The molecule has 1 atom stereocenters.